The Morgan fingerprint density at radius 1 is 0.935 bits per heavy atom. The molecule has 2 aromatic carbocycles. The monoisotopic (exact) mass is 481 g/mol. The highest BCUT2D eigenvalue weighted by atomic mass is 35.5. The minimum atomic E-state index is -4.06. The number of nitrogens with zero attached hydrogens (tertiary/aromatic N) is 2. The molecule has 2 aromatic rings. The molecule has 0 saturated heterocycles. The van der Waals surface area contributed by atoms with Gasteiger partial charge in [-0.3, -0.25) is 9.10 Å². The lowest BCUT2D eigenvalue weighted by Gasteiger charge is -2.25. The van der Waals surface area contributed by atoms with Crippen LogP contribution < -0.4 is 9.73 Å². The molecule has 0 spiro atoms. The predicted molar refractivity (Wildman–Crippen MR) is 125 cm³/mol. The van der Waals surface area contributed by atoms with Crippen molar-refractivity contribution in [2.75, 3.05) is 10.8 Å². The SMILES string of the molecule is O=C(CN(c1cccc(Cl)c1Cl)S(=O)(=O)c1ccccc1)NN=C1CCCCCCC1. The van der Waals surface area contributed by atoms with Crippen LogP contribution in [-0.2, 0) is 14.8 Å². The molecule has 0 unspecified atom stereocenters. The van der Waals surface area contributed by atoms with E-state index in [-0.39, 0.29) is 20.6 Å². The summed E-state index contributed by atoms with van der Waals surface area (Å²) in [5.74, 6) is -0.551. The number of halogens is 2. The second kappa shape index (κ2) is 11.0. The number of benzene rings is 2. The molecule has 1 amide bonds. The molecule has 1 fully saturated rings. The first-order valence-corrected chi connectivity index (χ1v) is 12.5. The molecule has 1 saturated carbocycles. The Morgan fingerprint density at radius 2 is 1.58 bits per heavy atom. The lowest BCUT2D eigenvalue weighted by molar-refractivity contribution is -0.119. The second-order valence-electron chi connectivity index (χ2n) is 7.38. The zero-order chi connectivity index (χ0) is 22.3. The highest BCUT2D eigenvalue weighted by molar-refractivity contribution is 7.92. The van der Waals surface area contributed by atoms with Crippen molar-refractivity contribution in [1.82, 2.24) is 5.43 Å². The standard InChI is InChI=1S/C22H25Cl2N3O3S/c23-19-14-9-15-20(22(19)24)27(31(29,30)18-12-7-4-8-13-18)16-21(28)26-25-17-10-5-2-1-3-6-11-17/h4,7-9,12-15H,1-3,5-6,10-11,16H2,(H,26,28). The Hall–Kier alpha value is -2.09. The Kier molecular flexibility index (Phi) is 8.35. The number of carbonyl (C=O) groups excluding carboxylic acids is 1. The molecule has 0 bridgehead atoms. The molecule has 166 valence electrons. The number of rotatable bonds is 6. The van der Waals surface area contributed by atoms with Gasteiger partial charge in [-0.2, -0.15) is 5.10 Å². The predicted octanol–water partition coefficient (Wildman–Crippen LogP) is 5.41. The Morgan fingerprint density at radius 3 is 2.26 bits per heavy atom. The summed E-state index contributed by atoms with van der Waals surface area (Å²) in [4.78, 5) is 12.7. The van der Waals surface area contributed by atoms with Crippen molar-refractivity contribution in [2.45, 2.75) is 49.8 Å². The first-order chi connectivity index (χ1) is 14.9. The molecule has 0 atom stereocenters. The quantitative estimate of drug-likeness (QED) is 0.560. The summed E-state index contributed by atoms with van der Waals surface area (Å²) < 4.78 is 27.6. The van der Waals surface area contributed by atoms with Crippen molar-refractivity contribution in [1.29, 1.82) is 0 Å². The van der Waals surface area contributed by atoms with Crippen LogP contribution >= 0.6 is 23.2 Å². The van der Waals surface area contributed by atoms with E-state index in [1.54, 1.807) is 30.3 Å². The summed E-state index contributed by atoms with van der Waals surface area (Å²) in [5, 5.41) is 4.52. The van der Waals surface area contributed by atoms with E-state index < -0.39 is 22.5 Å². The summed E-state index contributed by atoms with van der Waals surface area (Å²) in [6.07, 6.45) is 7.31. The normalized spacial score (nSPS) is 15.0. The van der Waals surface area contributed by atoms with Gasteiger partial charge in [-0.25, -0.2) is 13.8 Å². The van der Waals surface area contributed by atoms with E-state index in [4.69, 9.17) is 23.2 Å². The van der Waals surface area contributed by atoms with Crippen molar-refractivity contribution in [2.24, 2.45) is 5.10 Å². The van der Waals surface area contributed by atoms with Gasteiger partial charge in [0.15, 0.2) is 0 Å². The van der Waals surface area contributed by atoms with Crippen molar-refractivity contribution in [3.63, 3.8) is 0 Å². The van der Waals surface area contributed by atoms with Crippen molar-refractivity contribution in [3.05, 3.63) is 58.6 Å². The van der Waals surface area contributed by atoms with Gasteiger partial charge >= 0.3 is 0 Å². The minimum Gasteiger partial charge on any atom is -0.271 e. The number of hydrogen-bond donors (Lipinski definition) is 1. The summed E-state index contributed by atoms with van der Waals surface area (Å²) in [6, 6.07) is 12.5. The molecule has 0 heterocycles. The minimum absolute atomic E-state index is 0.0465. The third-order valence-corrected chi connectivity index (χ3v) is 7.67. The van der Waals surface area contributed by atoms with Crippen LogP contribution in [0.3, 0.4) is 0 Å². The van der Waals surface area contributed by atoms with Crippen LogP contribution in [0.15, 0.2) is 58.5 Å². The summed E-state index contributed by atoms with van der Waals surface area (Å²) in [5.41, 5.74) is 3.59. The van der Waals surface area contributed by atoms with Gasteiger partial charge in [0.2, 0.25) is 0 Å². The number of amides is 1. The van der Waals surface area contributed by atoms with Gasteiger partial charge in [0.05, 0.1) is 20.6 Å². The van der Waals surface area contributed by atoms with Crippen LogP contribution in [0.5, 0.6) is 0 Å². The number of carbonyl (C=O) groups is 1. The van der Waals surface area contributed by atoms with Crippen LogP contribution in [0.2, 0.25) is 10.0 Å². The van der Waals surface area contributed by atoms with Crippen LogP contribution in [-0.4, -0.2) is 26.6 Å². The topological polar surface area (TPSA) is 78.8 Å². The molecule has 6 nitrogen and oxygen atoms in total. The zero-order valence-electron chi connectivity index (χ0n) is 17.1. The van der Waals surface area contributed by atoms with Crippen molar-refractivity contribution < 1.29 is 13.2 Å². The number of nitrogens with one attached hydrogen (secondary N) is 1. The fraction of sp³-hybridized carbons (Fsp3) is 0.364. The van der Waals surface area contributed by atoms with Gasteiger partial charge in [0.1, 0.15) is 6.54 Å². The molecular formula is C22H25Cl2N3O3S. The van der Waals surface area contributed by atoms with Gasteiger partial charge in [0.25, 0.3) is 15.9 Å². The number of hydrogen-bond acceptors (Lipinski definition) is 4. The van der Waals surface area contributed by atoms with E-state index in [1.807, 2.05) is 0 Å². The molecule has 0 radical (unpaired) electrons. The average Bonchev–Trinajstić information content (AvgIpc) is 2.74. The van der Waals surface area contributed by atoms with Crippen LogP contribution in [0.4, 0.5) is 5.69 Å². The summed E-state index contributed by atoms with van der Waals surface area (Å²) in [7, 11) is -4.06. The van der Waals surface area contributed by atoms with Gasteiger partial charge in [-0.1, -0.05) is 66.7 Å². The van der Waals surface area contributed by atoms with Crippen molar-refractivity contribution in [3.8, 4) is 0 Å². The first kappa shape index (κ1) is 23.6. The molecule has 9 heteroatoms. The van der Waals surface area contributed by atoms with E-state index >= 15 is 0 Å². The van der Waals surface area contributed by atoms with Gasteiger partial charge in [-0.05, 0) is 49.9 Å². The molecule has 31 heavy (non-hydrogen) atoms. The lowest BCUT2D eigenvalue weighted by atomic mass is 9.99. The fourth-order valence-electron chi connectivity index (χ4n) is 3.44. The highest BCUT2D eigenvalue weighted by Gasteiger charge is 2.29. The molecule has 1 aliphatic rings. The van der Waals surface area contributed by atoms with E-state index in [0.717, 1.165) is 48.5 Å². The Labute approximate surface area is 193 Å². The third kappa shape index (κ3) is 6.21. The van der Waals surface area contributed by atoms with E-state index in [9.17, 15) is 13.2 Å². The largest absolute Gasteiger partial charge is 0.271 e. The molecular weight excluding hydrogens is 457 g/mol. The zero-order valence-corrected chi connectivity index (χ0v) is 19.4. The summed E-state index contributed by atoms with van der Waals surface area (Å²) >= 11 is 12.4. The van der Waals surface area contributed by atoms with Crippen molar-refractivity contribution >= 4 is 50.5 Å². The van der Waals surface area contributed by atoms with Gasteiger partial charge in [0, 0.05) is 5.71 Å². The summed E-state index contributed by atoms with van der Waals surface area (Å²) in [6.45, 7) is -0.478. The molecule has 0 aliphatic heterocycles. The number of anilines is 1. The Bertz CT molecular complexity index is 1030. The fourth-order valence-corrected chi connectivity index (χ4v) is 5.34. The lowest BCUT2D eigenvalue weighted by Crippen LogP contribution is -2.40. The van der Waals surface area contributed by atoms with Crippen LogP contribution in [0.1, 0.15) is 44.9 Å². The maximum Gasteiger partial charge on any atom is 0.264 e. The molecule has 1 N–H and O–H groups in total. The molecule has 1 aliphatic carbocycles. The second-order valence-corrected chi connectivity index (χ2v) is 10.0. The van der Waals surface area contributed by atoms with E-state index in [2.05, 4.69) is 10.5 Å². The van der Waals surface area contributed by atoms with Crippen LogP contribution in [0, 0.1) is 0 Å². The van der Waals surface area contributed by atoms with E-state index in [1.165, 1.54) is 24.6 Å². The van der Waals surface area contributed by atoms with E-state index in [0.29, 0.717) is 0 Å². The van der Waals surface area contributed by atoms with Gasteiger partial charge < -0.3 is 0 Å². The smallest absolute Gasteiger partial charge is 0.264 e. The number of hydrazone groups is 1. The van der Waals surface area contributed by atoms with Crippen LogP contribution in [0.25, 0.3) is 0 Å². The number of sulfonamides is 1. The Balaban J connectivity index is 1.86. The maximum atomic E-state index is 13.3. The van der Waals surface area contributed by atoms with Gasteiger partial charge in [-0.15, -0.1) is 0 Å². The maximum absolute atomic E-state index is 13.3. The highest BCUT2D eigenvalue weighted by Crippen LogP contribution is 2.35. The molecule has 0 aromatic heterocycles. The molecule has 3 rings (SSSR count). The first-order valence-electron chi connectivity index (χ1n) is 10.3. The average molecular weight is 482 g/mol. The third-order valence-electron chi connectivity index (χ3n) is 5.09.